The number of pyridine rings is 1. The van der Waals surface area contributed by atoms with Crippen molar-refractivity contribution in [2.24, 2.45) is 0 Å². The van der Waals surface area contributed by atoms with Crippen LogP contribution in [0.2, 0.25) is 0 Å². The van der Waals surface area contributed by atoms with Gasteiger partial charge in [-0.1, -0.05) is 24.3 Å². The zero-order valence-electron chi connectivity index (χ0n) is 14.5. The lowest BCUT2D eigenvalue weighted by molar-refractivity contribution is -0.133. The van der Waals surface area contributed by atoms with Gasteiger partial charge in [0.2, 0.25) is 5.91 Å². The van der Waals surface area contributed by atoms with E-state index in [-0.39, 0.29) is 24.5 Å². The SMILES string of the molecule is Cc1cc2cc(CC(=O)NOCCOc3ccccc3)ccc2[nH]c1=O. The molecule has 3 rings (SSSR count). The van der Waals surface area contributed by atoms with Crippen LogP contribution in [0.3, 0.4) is 0 Å². The summed E-state index contributed by atoms with van der Waals surface area (Å²) in [5.74, 6) is 0.511. The van der Waals surface area contributed by atoms with Gasteiger partial charge >= 0.3 is 0 Å². The van der Waals surface area contributed by atoms with Crippen LogP contribution < -0.4 is 15.8 Å². The molecule has 6 nitrogen and oxygen atoms in total. The second-order valence-electron chi connectivity index (χ2n) is 5.92. The maximum atomic E-state index is 12.0. The molecule has 6 heteroatoms. The first kappa shape index (κ1) is 17.7. The summed E-state index contributed by atoms with van der Waals surface area (Å²) in [4.78, 5) is 31.5. The third kappa shape index (κ3) is 4.70. The van der Waals surface area contributed by atoms with Crippen molar-refractivity contribution in [3.8, 4) is 5.75 Å². The Labute approximate surface area is 150 Å². The molecular weight excluding hydrogens is 332 g/mol. The van der Waals surface area contributed by atoms with Gasteiger partial charge in [-0.25, -0.2) is 5.48 Å². The molecule has 0 radical (unpaired) electrons. The number of hydrogen-bond acceptors (Lipinski definition) is 4. The first-order chi connectivity index (χ1) is 12.6. The molecule has 1 heterocycles. The number of carbonyl (C=O) groups excluding carboxylic acids is 1. The fourth-order valence-corrected chi connectivity index (χ4v) is 2.55. The number of nitrogens with one attached hydrogen (secondary N) is 2. The van der Waals surface area contributed by atoms with Crippen molar-refractivity contribution in [1.29, 1.82) is 0 Å². The van der Waals surface area contributed by atoms with Gasteiger partial charge in [-0.05, 0) is 48.2 Å². The average molecular weight is 352 g/mol. The molecule has 134 valence electrons. The van der Waals surface area contributed by atoms with Gasteiger partial charge in [0.25, 0.3) is 5.56 Å². The molecular formula is C20H20N2O4. The number of ether oxygens (including phenoxy) is 1. The van der Waals surface area contributed by atoms with Crippen LogP contribution in [0.25, 0.3) is 10.9 Å². The molecule has 0 aliphatic rings. The molecule has 0 saturated carbocycles. The Balaban J connectivity index is 1.46. The van der Waals surface area contributed by atoms with Crippen molar-refractivity contribution in [3.05, 3.63) is 76.1 Å². The summed E-state index contributed by atoms with van der Waals surface area (Å²) in [6.07, 6.45) is 0.188. The Hall–Kier alpha value is -3.12. The molecule has 0 atom stereocenters. The van der Waals surface area contributed by atoms with Crippen molar-refractivity contribution >= 4 is 16.8 Å². The number of aromatic amines is 1. The molecule has 0 aliphatic heterocycles. The Bertz CT molecular complexity index is 951. The van der Waals surface area contributed by atoms with Crippen molar-refractivity contribution in [1.82, 2.24) is 10.5 Å². The minimum Gasteiger partial charge on any atom is -0.491 e. The summed E-state index contributed by atoms with van der Waals surface area (Å²) >= 11 is 0. The molecule has 2 N–H and O–H groups in total. The molecule has 0 spiro atoms. The van der Waals surface area contributed by atoms with E-state index in [2.05, 4.69) is 10.5 Å². The Morgan fingerprint density at radius 3 is 2.69 bits per heavy atom. The van der Waals surface area contributed by atoms with Gasteiger partial charge in [-0.3, -0.25) is 14.4 Å². The van der Waals surface area contributed by atoms with Gasteiger partial charge in [0.05, 0.1) is 6.42 Å². The van der Waals surface area contributed by atoms with E-state index in [1.54, 1.807) is 13.0 Å². The zero-order valence-corrected chi connectivity index (χ0v) is 14.5. The number of aryl methyl sites for hydroxylation is 1. The summed E-state index contributed by atoms with van der Waals surface area (Å²) in [5.41, 5.74) is 4.53. The van der Waals surface area contributed by atoms with Crippen LogP contribution in [0.4, 0.5) is 0 Å². The summed E-state index contributed by atoms with van der Waals surface area (Å²) < 4.78 is 5.47. The summed E-state index contributed by atoms with van der Waals surface area (Å²) in [5, 5.41) is 0.893. The first-order valence-corrected chi connectivity index (χ1v) is 8.33. The summed E-state index contributed by atoms with van der Waals surface area (Å²) in [6.45, 7) is 2.34. The molecule has 3 aromatic rings. The Morgan fingerprint density at radius 2 is 1.88 bits per heavy atom. The molecule has 0 bridgehead atoms. The minimum atomic E-state index is -0.245. The van der Waals surface area contributed by atoms with Crippen molar-refractivity contribution < 1.29 is 14.4 Å². The number of aromatic nitrogens is 1. The predicted molar refractivity (Wildman–Crippen MR) is 99.0 cm³/mol. The number of para-hydroxylation sites is 1. The van der Waals surface area contributed by atoms with E-state index in [9.17, 15) is 9.59 Å². The van der Waals surface area contributed by atoms with Crippen LogP contribution in [-0.4, -0.2) is 24.1 Å². The Morgan fingerprint density at radius 1 is 1.08 bits per heavy atom. The highest BCUT2D eigenvalue weighted by Gasteiger charge is 2.06. The average Bonchev–Trinajstić information content (AvgIpc) is 2.63. The largest absolute Gasteiger partial charge is 0.491 e. The molecule has 1 amide bonds. The van der Waals surface area contributed by atoms with Gasteiger partial charge < -0.3 is 9.72 Å². The van der Waals surface area contributed by atoms with E-state index >= 15 is 0 Å². The van der Waals surface area contributed by atoms with Crippen LogP contribution in [0.15, 0.2) is 59.4 Å². The highest BCUT2D eigenvalue weighted by Crippen LogP contribution is 2.14. The van der Waals surface area contributed by atoms with E-state index in [4.69, 9.17) is 9.57 Å². The first-order valence-electron chi connectivity index (χ1n) is 8.33. The molecule has 0 fully saturated rings. The summed E-state index contributed by atoms with van der Waals surface area (Å²) in [7, 11) is 0. The molecule has 26 heavy (non-hydrogen) atoms. The second-order valence-corrected chi connectivity index (χ2v) is 5.92. The van der Waals surface area contributed by atoms with E-state index in [1.165, 1.54) is 0 Å². The third-order valence-electron chi connectivity index (χ3n) is 3.84. The second kappa shape index (κ2) is 8.31. The number of carbonyl (C=O) groups is 1. The fraction of sp³-hybridized carbons (Fsp3) is 0.200. The van der Waals surface area contributed by atoms with Crippen LogP contribution >= 0.6 is 0 Å². The van der Waals surface area contributed by atoms with Crippen molar-refractivity contribution in [2.45, 2.75) is 13.3 Å². The van der Waals surface area contributed by atoms with Gasteiger partial charge in [0.15, 0.2) is 0 Å². The number of hydroxylamine groups is 1. The van der Waals surface area contributed by atoms with Gasteiger partial charge in [0.1, 0.15) is 19.0 Å². The van der Waals surface area contributed by atoms with E-state index in [0.717, 1.165) is 22.2 Å². The molecule has 2 aromatic carbocycles. The van der Waals surface area contributed by atoms with E-state index in [0.29, 0.717) is 12.2 Å². The van der Waals surface area contributed by atoms with E-state index < -0.39 is 0 Å². The molecule has 1 aromatic heterocycles. The predicted octanol–water partition coefficient (Wildman–Crippen LogP) is 2.51. The van der Waals surface area contributed by atoms with Crippen molar-refractivity contribution in [3.63, 3.8) is 0 Å². The highest BCUT2D eigenvalue weighted by atomic mass is 16.7. The van der Waals surface area contributed by atoms with Gasteiger partial charge in [-0.2, -0.15) is 0 Å². The fourth-order valence-electron chi connectivity index (χ4n) is 2.55. The topological polar surface area (TPSA) is 80.4 Å². The highest BCUT2D eigenvalue weighted by molar-refractivity contribution is 5.83. The minimum absolute atomic E-state index is 0.103. The smallest absolute Gasteiger partial charge is 0.251 e. The lowest BCUT2D eigenvalue weighted by Crippen LogP contribution is -2.27. The quantitative estimate of drug-likeness (QED) is 0.506. The number of rotatable bonds is 7. The maximum Gasteiger partial charge on any atom is 0.251 e. The lowest BCUT2D eigenvalue weighted by atomic mass is 10.1. The molecule has 0 saturated heterocycles. The van der Waals surface area contributed by atoms with Crippen LogP contribution in [0.5, 0.6) is 5.75 Å². The standard InChI is InChI=1S/C20H20N2O4/c1-14-11-16-12-15(7-8-18(16)21-20(14)24)13-19(23)22-26-10-9-25-17-5-3-2-4-6-17/h2-8,11-12H,9-10,13H2,1H3,(H,21,24)(H,22,23). The number of benzene rings is 2. The lowest BCUT2D eigenvalue weighted by Gasteiger charge is -2.08. The molecule has 0 aliphatic carbocycles. The third-order valence-corrected chi connectivity index (χ3v) is 3.84. The van der Waals surface area contributed by atoms with Crippen LogP contribution in [-0.2, 0) is 16.1 Å². The van der Waals surface area contributed by atoms with Gasteiger partial charge in [0, 0.05) is 11.1 Å². The molecule has 0 unspecified atom stereocenters. The van der Waals surface area contributed by atoms with Crippen molar-refractivity contribution in [2.75, 3.05) is 13.2 Å². The zero-order chi connectivity index (χ0) is 18.4. The summed E-state index contributed by atoms with van der Waals surface area (Å²) in [6, 6.07) is 16.7. The maximum absolute atomic E-state index is 12.0. The number of fused-ring (bicyclic) bond motifs is 1. The number of hydrogen-bond donors (Lipinski definition) is 2. The Kier molecular flexibility index (Phi) is 5.66. The van der Waals surface area contributed by atoms with E-state index in [1.807, 2.05) is 48.5 Å². The van der Waals surface area contributed by atoms with Crippen LogP contribution in [0, 0.1) is 6.92 Å². The van der Waals surface area contributed by atoms with Crippen LogP contribution in [0.1, 0.15) is 11.1 Å². The number of H-pyrrole nitrogens is 1. The normalized spacial score (nSPS) is 10.7. The van der Waals surface area contributed by atoms with Gasteiger partial charge in [-0.15, -0.1) is 0 Å². The number of amides is 1. The monoisotopic (exact) mass is 352 g/mol.